The van der Waals surface area contributed by atoms with E-state index in [4.69, 9.17) is 17.3 Å². The Bertz CT molecular complexity index is 372. The maximum atomic E-state index is 14.0. The molecule has 1 aromatic carbocycles. The third-order valence-electron chi connectivity index (χ3n) is 3.00. The molecule has 0 aromatic heterocycles. The fourth-order valence-corrected chi connectivity index (χ4v) is 2.32. The maximum absolute atomic E-state index is 14.0. The van der Waals surface area contributed by atoms with Crippen LogP contribution in [-0.2, 0) is 6.42 Å². The fraction of sp³-hybridized carbons (Fsp3) is 0.500. The lowest BCUT2D eigenvalue weighted by molar-refractivity contribution is 0.0444. The molecular weight excluding hydrogens is 213 g/mol. The Morgan fingerprint density at radius 3 is 2.73 bits per heavy atom. The molecule has 2 N–H and O–H groups in total. The Balaban J connectivity index is 2.08. The molecule has 82 valence electrons. The van der Waals surface area contributed by atoms with E-state index in [2.05, 4.69) is 0 Å². The lowest BCUT2D eigenvalue weighted by Gasteiger charge is -2.39. The van der Waals surface area contributed by atoms with Crippen LogP contribution < -0.4 is 5.73 Å². The first-order valence-corrected chi connectivity index (χ1v) is 5.56. The minimum Gasteiger partial charge on any atom is -0.327 e. The van der Waals surface area contributed by atoms with Crippen LogP contribution >= 0.6 is 11.6 Å². The molecule has 1 aliphatic rings. The monoisotopic (exact) mass is 227 g/mol. The van der Waals surface area contributed by atoms with Gasteiger partial charge in [0.1, 0.15) is 5.67 Å². The maximum Gasteiger partial charge on any atom is 0.118 e. The van der Waals surface area contributed by atoms with E-state index < -0.39 is 5.67 Å². The van der Waals surface area contributed by atoms with Crippen molar-refractivity contribution in [1.29, 1.82) is 0 Å². The summed E-state index contributed by atoms with van der Waals surface area (Å²) >= 11 is 5.91. The number of hydrogen-bond donors (Lipinski definition) is 1. The molecule has 0 atom stereocenters. The van der Waals surface area contributed by atoms with Crippen LogP contribution in [0.2, 0.25) is 5.02 Å². The molecule has 0 saturated heterocycles. The van der Waals surface area contributed by atoms with Gasteiger partial charge < -0.3 is 5.73 Å². The lowest BCUT2D eigenvalue weighted by Crippen LogP contribution is -2.49. The molecule has 1 fully saturated rings. The number of nitrogens with two attached hydrogens (primary N) is 1. The van der Waals surface area contributed by atoms with Crippen molar-refractivity contribution in [2.24, 2.45) is 5.73 Å². The summed E-state index contributed by atoms with van der Waals surface area (Å²) in [5.74, 6) is 0. The van der Waals surface area contributed by atoms with Gasteiger partial charge in [-0.3, -0.25) is 0 Å². The van der Waals surface area contributed by atoms with E-state index in [0.717, 1.165) is 16.1 Å². The fourth-order valence-electron chi connectivity index (χ4n) is 2.21. The van der Waals surface area contributed by atoms with Gasteiger partial charge in [-0.25, -0.2) is 4.39 Å². The Kier molecular flexibility index (Phi) is 2.73. The second kappa shape index (κ2) is 3.76. The quantitative estimate of drug-likeness (QED) is 0.826. The van der Waals surface area contributed by atoms with Crippen molar-refractivity contribution in [3.05, 3.63) is 34.3 Å². The van der Waals surface area contributed by atoms with E-state index in [-0.39, 0.29) is 6.04 Å². The highest BCUT2D eigenvalue weighted by molar-refractivity contribution is 6.31. The van der Waals surface area contributed by atoms with Crippen molar-refractivity contribution in [1.82, 2.24) is 0 Å². The van der Waals surface area contributed by atoms with E-state index in [1.165, 1.54) is 0 Å². The van der Waals surface area contributed by atoms with Crippen LogP contribution in [0, 0.1) is 6.92 Å². The molecule has 0 aliphatic heterocycles. The zero-order valence-corrected chi connectivity index (χ0v) is 9.52. The normalized spacial score (nSPS) is 30.0. The van der Waals surface area contributed by atoms with E-state index in [9.17, 15) is 4.39 Å². The summed E-state index contributed by atoms with van der Waals surface area (Å²) in [5.41, 5.74) is 6.52. The smallest absolute Gasteiger partial charge is 0.118 e. The van der Waals surface area contributed by atoms with E-state index >= 15 is 0 Å². The highest BCUT2D eigenvalue weighted by Crippen LogP contribution is 2.38. The molecule has 1 aliphatic carbocycles. The average Bonchev–Trinajstić information content (AvgIpc) is 2.09. The average molecular weight is 228 g/mol. The van der Waals surface area contributed by atoms with Gasteiger partial charge >= 0.3 is 0 Å². The van der Waals surface area contributed by atoms with Crippen molar-refractivity contribution in [3.8, 4) is 0 Å². The first kappa shape index (κ1) is 10.9. The number of alkyl halides is 1. The molecule has 1 aromatic rings. The van der Waals surface area contributed by atoms with Gasteiger partial charge in [-0.05, 0) is 37.0 Å². The number of aryl methyl sites for hydroxylation is 1. The number of halogens is 2. The number of hydrogen-bond acceptors (Lipinski definition) is 1. The molecule has 3 heteroatoms. The molecule has 0 bridgehead atoms. The molecular formula is C12H15ClFN. The Labute approximate surface area is 94.4 Å². The standard InChI is InChI=1S/C12H15ClFN/c1-8-4-9(2-3-11(8)13)5-12(14)6-10(15)7-12/h2-4,10H,5-7,15H2,1H3. The summed E-state index contributed by atoms with van der Waals surface area (Å²) in [7, 11) is 0. The van der Waals surface area contributed by atoms with Gasteiger partial charge in [0.15, 0.2) is 0 Å². The molecule has 0 radical (unpaired) electrons. The Hall–Kier alpha value is -0.600. The van der Waals surface area contributed by atoms with Gasteiger partial charge in [0.25, 0.3) is 0 Å². The topological polar surface area (TPSA) is 26.0 Å². The van der Waals surface area contributed by atoms with Crippen LogP contribution in [-0.4, -0.2) is 11.7 Å². The molecule has 1 nitrogen and oxygen atoms in total. The molecule has 0 unspecified atom stereocenters. The van der Waals surface area contributed by atoms with Crippen molar-refractivity contribution in [2.45, 2.75) is 37.9 Å². The van der Waals surface area contributed by atoms with Crippen LogP contribution in [0.1, 0.15) is 24.0 Å². The highest BCUT2D eigenvalue weighted by atomic mass is 35.5. The van der Waals surface area contributed by atoms with Crippen LogP contribution in [0.5, 0.6) is 0 Å². The zero-order chi connectivity index (χ0) is 11.1. The summed E-state index contributed by atoms with van der Waals surface area (Å²) in [6, 6.07) is 5.71. The predicted octanol–water partition coefficient (Wildman–Crippen LogP) is 3.02. The minimum absolute atomic E-state index is 0.0448. The van der Waals surface area contributed by atoms with Gasteiger partial charge in [-0.1, -0.05) is 23.7 Å². The van der Waals surface area contributed by atoms with Crippen LogP contribution in [0.15, 0.2) is 18.2 Å². The zero-order valence-electron chi connectivity index (χ0n) is 8.76. The first-order valence-electron chi connectivity index (χ1n) is 5.18. The SMILES string of the molecule is Cc1cc(CC2(F)CC(N)C2)ccc1Cl. The highest BCUT2D eigenvalue weighted by Gasteiger charge is 2.42. The molecule has 0 amide bonds. The van der Waals surface area contributed by atoms with Crippen LogP contribution in [0.4, 0.5) is 4.39 Å². The van der Waals surface area contributed by atoms with Crippen LogP contribution in [0.3, 0.4) is 0 Å². The van der Waals surface area contributed by atoms with Crippen LogP contribution in [0.25, 0.3) is 0 Å². The summed E-state index contributed by atoms with van der Waals surface area (Å²) in [4.78, 5) is 0. The molecule has 0 heterocycles. The summed E-state index contributed by atoms with van der Waals surface area (Å²) < 4.78 is 14.0. The Morgan fingerprint density at radius 1 is 1.53 bits per heavy atom. The van der Waals surface area contributed by atoms with Gasteiger partial charge in [-0.15, -0.1) is 0 Å². The molecule has 15 heavy (non-hydrogen) atoms. The second-order valence-electron chi connectivity index (χ2n) is 4.58. The van der Waals surface area contributed by atoms with Crippen molar-refractivity contribution in [3.63, 3.8) is 0 Å². The largest absolute Gasteiger partial charge is 0.327 e. The van der Waals surface area contributed by atoms with Gasteiger partial charge in [0.05, 0.1) is 0 Å². The van der Waals surface area contributed by atoms with Gasteiger partial charge in [0, 0.05) is 17.5 Å². The Morgan fingerprint density at radius 2 is 2.20 bits per heavy atom. The van der Waals surface area contributed by atoms with Crippen molar-refractivity contribution in [2.75, 3.05) is 0 Å². The third kappa shape index (κ3) is 2.32. The minimum atomic E-state index is -1.08. The van der Waals surface area contributed by atoms with Gasteiger partial charge in [-0.2, -0.15) is 0 Å². The molecule has 0 spiro atoms. The van der Waals surface area contributed by atoms with Crippen molar-refractivity contribution < 1.29 is 4.39 Å². The second-order valence-corrected chi connectivity index (χ2v) is 4.99. The van der Waals surface area contributed by atoms with Crippen molar-refractivity contribution >= 4 is 11.6 Å². The summed E-state index contributed by atoms with van der Waals surface area (Å²) in [6.45, 7) is 1.93. The third-order valence-corrected chi connectivity index (χ3v) is 3.42. The van der Waals surface area contributed by atoms with E-state index in [1.54, 1.807) is 0 Å². The summed E-state index contributed by atoms with van der Waals surface area (Å²) in [5, 5.41) is 0.733. The number of benzene rings is 1. The van der Waals surface area contributed by atoms with Gasteiger partial charge in [0.2, 0.25) is 0 Å². The van der Waals surface area contributed by atoms with E-state index in [1.807, 2.05) is 25.1 Å². The lowest BCUT2D eigenvalue weighted by atomic mass is 9.74. The predicted molar refractivity (Wildman–Crippen MR) is 60.9 cm³/mol. The molecule has 2 rings (SSSR count). The first-order chi connectivity index (χ1) is 6.98. The van der Waals surface area contributed by atoms with E-state index in [0.29, 0.717) is 19.3 Å². The summed E-state index contributed by atoms with van der Waals surface area (Å²) in [6.07, 6.45) is 1.42. The number of rotatable bonds is 2. The molecule has 1 saturated carbocycles.